The second kappa shape index (κ2) is 6.18. The number of rotatable bonds is 3. The summed E-state index contributed by atoms with van der Waals surface area (Å²) in [6.45, 7) is 10.5. The summed E-state index contributed by atoms with van der Waals surface area (Å²) in [6, 6.07) is 0. The Morgan fingerprint density at radius 2 is 2.10 bits per heavy atom. The van der Waals surface area contributed by atoms with Crippen molar-refractivity contribution in [3.63, 3.8) is 0 Å². The highest BCUT2D eigenvalue weighted by atomic mass is 16.5. The first kappa shape index (κ1) is 16.0. The van der Waals surface area contributed by atoms with Gasteiger partial charge in [-0.3, -0.25) is 0 Å². The molecule has 1 aliphatic rings. The summed E-state index contributed by atoms with van der Waals surface area (Å²) in [7, 11) is 0. The van der Waals surface area contributed by atoms with Crippen LogP contribution in [0.1, 0.15) is 74.9 Å². The van der Waals surface area contributed by atoms with Crippen molar-refractivity contribution in [2.24, 2.45) is 5.41 Å². The van der Waals surface area contributed by atoms with Crippen LogP contribution in [-0.2, 0) is 9.47 Å². The molecule has 2 heterocycles. The SMILES string of the molecule is CCOC(=O)c1noc([C@H]2CCC[C@@H](C(C)(C)C)O2)c1C. The minimum Gasteiger partial charge on any atom is -0.461 e. The number of ether oxygens (including phenoxy) is 2. The second-order valence-electron chi connectivity index (χ2n) is 6.65. The minimum atomic E-state index is -0.437. The molecule has 0 radical (unpaired) electrons. The van der Waals surface area contributed by atoms with Gasteiger partial charge in [0.05, 0.1) is 12.7 Å². The molecule has 0 spiro atoms. The van der Waals surface area contributed by atoms with Gasteiger partial charge in [0.2, 0.25) is 0 Å². The zero-order valence-corrected chi connectivity index (χ0v) is 13.6. The molecule has 1 saturated heterocycles. The van der Waals surface area contributed by atoms with E-state index in [4.69, 9.17) is 14.0 Å². The van der Waals surface area contributed by atoms with E-state index in [9.17, 15) is 4.79 Å². The number of nitrogens with zero attached hydrogens (tertiary/aromatic N) is 1. The lowest BCUT2D eigenvalue weighted by molar-refractivity contribution is -0.109. The van der Waals surface area contributed by atoms with Crippen LogP contribution in [0.15, 0.2) is 4.52 Å². The summed E-state index contributed by atoms with van der Waals surface area (Å²) in [5.74, 6) is 0.222. The van der Waals surface area contributed by atoms with Gasteiger partial charge in [0, 0.05) is 5.56 Å². The maximum absolute atomic E-state index is 11.8. The summed E-state index contributed by atoms with van der Waals surface area (Å²) in [5.41, 5.74) is 1.08. The number of hydrogen-bond donors (Lipinski definition) is 0. The summed E-state index contributed by atoms with van der Waals surface area (Å²) >= 11 is 0. The van der Waals surface area contributed by atoms with Crippen molar-refractivity contribution in [3.05, 3.63) is 17.0 Å². The number of aromatic nitrogens is 1. The Balaban J connectivity index is 2.17. The minimum absolute atomic E-state index is 0.0938. The molecule has 0 unspecified atom stereocenters. The normalized spacial score (nSPS) is 23.1. The average molecular weight is 295 g/mol. The van der Waals surface area contributed by atoms with Crippen LogP contribution < -0.4 is 0 Å². The monoisotopic (exact) mass is 295 g/mol. The van der Waals surface area contributed by atoms with E-state index in [2.05, 4.69) is 25.9 Å². The third kappa shape index (κ3) is 3.46. The smallest absolute Gasteiger partial charge is 0.360 e. The maximum Gasteiger partial charge on any atom is 0.360 e. The van der Waals surface area contributed by atoms with Crippen LogP contribution in [0.2, 0.25) is 0 Å². The average Bonchev–Trinajstić information content (AvgIpc) is 2.80. The predicted octanol–water partition coefficient (Wildman–Crippen LogP) is 3.82. The van der Waals surface area contributed by atoms with Crippen LogP contribution >= 0.6 is 0 Å². The topological polar surface area (TPSA) is 61.6 Å². The standard InChI is InChI=1S/C16H25NO4/c1-6-19-15(18)13-10(2)14(21-17-13)11-8-7-9-12(20-11)16(3,4)5/h11-12H,6-9H2,1-5H3/t11-,12+/m1/s1. The van der Waals surface area contributed by atoms with Gasteiger partial charge in [0.25, 0.3) is 0 Å². The first-order valence-corrected chi connectivity index (χ1v) is 7.63. The molecule has 2 rings (SSSR count). The van der Waals surface area contributed by atoms with E-state index in [1.807, 2.05) is 6.92 Å². The van der Waals surface area contributed by atoms with Crippen molar-refractivity contribution in [2.45, 2.75) is 66.1 Å². The highest BCUT2D eigenvalue weighted by molar-refractivity contribution is 5.88. The lowest BCUT2D eigenvalue weighted by Crippen LogP contribution is -2.33. The van der Waals surface area contributed by atoms with Crippen molar-refractivity contribution < 1.29 is 18.8 Å². The Morgan fingerprint density at radius 3 is 2.71 bits per heavy atom. The van der Waals surface area contributed by atoms with Crippen LogP contribution in [0.5, 0.6) is 0 Å². The maximum atomic E-state index is 11.8. The molecule has 5 heteroatoms. The number of carbonyl (C=O) groups excluding carboxylic acids is 1. The molecule has 0 amide bonds. The number of hydrogen-bond acceptors (Lipinski definition) is 5. The zero-order valence-electron chi connectivity index (χ0n) is 13.6. The fourth-order valence-electron chi connectivity index (χ4n) is 2.69. The molecule has 0 aliphatic carbocycles. The molecular formula is C16H25NO4. The molecule has 1 aromatic rings. The van der Waals surface area contributed by atoms with E-state index in [0.717, 1.165) is 24.8 Å². The Bertz CT molecular complexity index is 501. The van der Waals surface area contributed by atoms with Gasteiger partial charge in [-0.15, -0.1) is 0 Å². The predicted molar refractivity (Wildman–Crippen MR) is 78.1 cm³/mol. The highest BCUT2D eigenvalue weighted by Gasteiger charge is 2.35. The molecule has 1 fully saturated rings. The zero-order chi connectivity index (χ0) is 15.6. The van der Waals surface area contributed by atoms with E-state index in [-0.39, 0.29) is 23.3 Å². The van der Waals surface area contributed by atoms with Crippen LogP contribution in [0.3, 0.4) is 0 Å². The summed E-state index contributed by atoms with van der Waals surface area (Å²) in [6.07, 6.45) is 3.09. The summed E-state index contributed by atoms with van der Waals surface area (Å²) in [5, 5.41) is 3.87. The van der Waals surface area contributed by atoms with Gasteiger partial charge in [-0.1, -0.05) is 25.9 Å². The van der Waals surface area contributed by atoms with Gasteiger partial charge < -0.3 is 14.0 Å². The lowest BCUT2D eigenvalue weighted by atomic mass is 9.83. The van der Waals surface area contributed by atoms with Crippen molar-refractivity contribution in [1.29, 1.82) is 0 Å². The molecule has 0 saturated carbocycles. The summed E-state index contributed by atoms with van der Waals surface area (Å²) < 4.78 is 16.6. The van der Waals surface area contributed by atoms with E-state index >= 15 is 0 Å². The van der Waals surface area contributed by atoms with E-state index in [0.29, 0.717) is 12.4 Å². The fraction of sp³-hybridized carbons (Fsp3) is 0.750. The quantitative estimate of drug-likeness (QED) is 0.793. The number of carbonyl (C=O) groups is 1. The lowest BCUT2D eigenvalue weighted by Gasteiger charge is -2.37. The van der Waals surface area contributed by atoms with Gasteiger partial charge >= 0.3 is 5.97 Å². The third-order valence-corrected chi connectivity index (χ3v) is 3.95. The first-order valence-electron chi connectivity index (χ1n) is 7.63. The molecule has 5 nitrogen and oxygen atoms in total. The molecule has 118 valence electrons. The Kier molecular flexibility index (Phi) is 4.71. The Hall–Kier alpha value is -1.36. The Morgan fingerprint density at radius 1 is 1.38 bits per heavy atom. The fourth-order valence-corrected chi connectivity index (χ4v) is 2.69. The van der Waals surface area contributed by atoms with Gasteiger partial charge in [0.1, 0.15) is 6.10 Å². The van der Waals surface area contributed by atoms with E-state index < -0.39 is 5.97 Å². The van der Waals surface area contributed by atoms with Crippen LogP contribution in [0.25, 0.3) is 0 Å². The highest BCUT2D eigenvalue weighted by Crippen LogP contribution is 2.39. The van der Waals surface area contributed by atoms with Crippen molar-refractivity contribution in [1.82, 2.24) is 5.16 Å². The molecule has 1 aliphatic heterocycles. The van der Waals surface area contributed by atoms with Gasteiger partial charge in [0.15, 0.2) is 11.5 Å². The van der Waals surface area contributed by atoms with Gasteiger partial charge in [-0.05, 0) is 38.5 Å². The van der Waals surface area contributed by atoms with Crippen LogP contribution in [0, 0.1) is 12.3 Å². The molecular weight excluding hydrogens is 270 g/mol. The van der Waals surface area contributed by atoms with Gasteiger partial charge in [-0.2, -0.15) is 0 Å². The van der Waals surface area contributed by atoms with Crippen molar-refractivity contribution >= 4 is 5.97 Å². The molecule has 2 atom stereocenters. The van der Waals surface area contributed by atoms with E-state index in [1.54, 1.807) is 6.92 Å². The first-order chi connectivity index (χ1) is 9.84. The summed E-state index contributed by atoms with van der Waals surface area (Å²) in [4.78, 5) is 11.8. The van der Waals surface area contributed by atoms with E-state index in [1.165, 1.54) is 0 Å². The van der Waals surface area contributed by atoms with Crippen molar-refractivity contribution in [3.8, 4) is 0 Å². The number of esters is 1. The second-order valence-corrected chi connectivity index (χ2v) is 6.65. The van der Waals surface area contributed by atoms with Crippen LogP contribution in [0.4, 0.5) is 0 Å². The molecule has 0 bridgehead atoms. The van der Waals surface area contributed by atoms with Gasteiger partial charge in [-0.25, -0.2) is 4.79 Å². The Labute approximate surface area is 126 Å². The third-order valence-electron chi connectivity index (χ3n) is 3.95. The molecule has 21 heavy (non-hydrogen) atoms. The molecule has 1 aromatic heterocycles. The molecule has 0 N–H and O–H groups in total. The van der Waals surface area contributed by atoms with Crippen molar-refractivity contribution in [2.75, 3.05) is 6.61 Å². The largest absolute Gasteiger partial charge is 0.461 e. The molecule has 0 aromatic carbocycles. The van der Waals surface area contributed by atoms with Crippen LogP contribution in [-0.4, -0.2) is 23.8 Å².